The summed E-state index contributed by atoms with van der Waals surface area (Å²) in [6.07, 6.45) is 8.30. The first kappa shape index (κ1) is 27.7. The summed E-state index contributed by atoms with van der Waals surface area (Å²) in [5, 5.41) is 0. The summed E-state index contributed by atoms with van der Waals surface area (Å²) in [7, 11) is 1.65. The molecular formula is C30H40O3S2. The van der Waals surface area contributed by atoms with Crippen molar-refractivity contribution in [2.75, 3.05) is 18.6 Å². The van der Waals surface area contributed by atoms with E-state index in [2.05, 4.69) is 26.8 Å². The molecule has 0 unspecified atom stereocenters. The Morgan fingerprint density at radius 2 is 1.77 bits per heavy atom. The minimum absolute atomic E-state index is 0.321. The second kappa shape index (κ2) is 14.0. The van der Waals surface area contributed by atoms with E-state index >= 15 is 0 Å². The second-order valence-electron chi connectivity index (χ2n) is 9.67. The van der Waals surface area contributed by atoms with Crippen LogP contribution in [0, 0.1) is 5.92 Å². The van der Waals surface area contributed by atoms with Gasteiger partial charge in [-0.15, -0.1) is 23.5 Å². The largest absolute Gasteiger partial charge is 0.493 e. The molecule has 1 fully saturated rings. The summed E-state index contributed by atoms with van der Waals surface area (Å²) in [5.41, 5.74) is 3.48. The number of allylic oxidation sites excluding steroid dienone is 2. The molecule has 0 N–H and O–H groups in total. The van der Waals surface area contributed by atoms with Gasteiger partial charge in [0.2, 0.25) is 0 Å². The van der Waals surface area contributed by atoms with Gasteiger partial charge in [-0.25, -0.2) is 0 Å². The number of thioether (sulfide) groups is 2. The van der Waals surface area contributed by atoms with E-state index in [1.165, 1.54) is 18.4 Å². The van der Waals surface area contributed by atoms with E-state index in [-0.39, 0.29) is 4.08 Å². The number of hydrogen-bond acceptors (Lipinski definition) is 5. The first-order valence-corrected chi connectivity index (χ1v) is 14.7. The van der Waals surface area contributed by atoms with Crippen LogP contribution in [0.4, 0.5) is 0 Å². The lowest BCUT2D eigenvalue weighted by Crippen LogP contribution is -2.36. The highest BCUT2D eigenvalue weighted by molar-refractivity contribution is 8.19. The number of ketones is 1. The second-order valence-corrected chi connectivity index (χ2v) is 12.7. The van der Waals surface area contributed by atoms with E-state index in [1.807, 2.05) is 72.1 Å². The quantitative estimate of drug-likeness (QED) is 0.253. The number of ether oxygens (including phenoxy) is 2. The first-order chi connectivity index (χ1) is 16.9. The van der Waals surface area contributed by atoms with E-state index in [4.69, 9.17) is 9.47 Å². The Bertz CT molecular complexity index is 961. The molecule has 0 saturated carbocycles. The number of benzene rings is 2. The van der Waals surface area contributed by atoms with Crippen molar-refractivity contribution in [2.24, 2.45) is 5.92 Å². The number of carbonyl (C=O) groups excluding carboxylic acids is 1. The van der Waals surface area contributed by atoms with Gasteiger partial charge in [-0.3, -0.25) is 4.79 Å². The molecule has 2 aromatic carbocycles. The molecule has 2 aromatic rings. The highest BCUT2D eigenvalue weighted by atomic mass is 32.2. The van der Waals surface area contributed by atoms with Gasteiger partial charge in [0.25, 0.3) is 0 Å². The molecule has 3 nitrogen and oxygen atoms in total. The summed E-state index contributed by atoms with van der Waals surface area (Å²) in [4.78, 5) is 13.7. The summed E-state index contributed by atoms with van der Waals surface area (Å²) in [6, 6.07) is 16.0. The van der Waals surface area contributed by atoms with Crippen LogP contribution in [0.15, 0.2) is 60.2 Å². The van der Waals surface area contributed by atoms with Crippen LogP contribution in [0.5, 0.6) is 11.5 Å². The molecule has 0 spiro atoms. The molecule has 0 aliphatic carbocycles. The van der Waals surface area contributed by atoms with Gasteiger partial charge in [0.1, 0.15) is 10.7 Å². The van der Waals surface area contributed by atoms with Gasteiger partial charge in [-0.2, -0.15) is 0 Å². The van der Waals surface area contributed by atoms with Crippen molar-refractivity contribution in [1.82, 2.24) is 0 Å². The van der Waals surface area contributed by atoms with Gasteiger partial charge in [0.15, 0.2) is 17.3 Å². The number of hydrogen-bond donors (Lipinski definition) is 0. The molecule has 5 heteroatoms. The van der Waals surface area contributed by atoms with Gasteiger partial charge in [-0.05, 0) is 86.6 Å². The molecule has 1 saturated heterocycles. The van der Waals surface area contributed by atoms with Crippen LogP contribution < -0.4 is 9.47 Å². The van der Waals surface area contributed by atoms with Crippen LogP contribution in [0.2, 0.25) is 0 Å². The van der Waals surface area contributed by atoms with Gasteiger partial charge >= 0.3 is 0 Å². The van der Waals surface area contributed by atoms with Crippen LogP contribution in [-0.4, -0.2) is 28.5 Å². The molecule has 0 bridgehead atoms. The highest BCUT2D eigenvalue weighted by Gasteiger charge is 2.40. The lowest BCUT2D eigenvalue weighted by molar-refractivity contribution is -0.118. The van der Waals surface area contributed by atoms with Crippen LogP contribution in [-0.2, 0) is 17.8 Å². The number of carbonyl (C=O) groups is 1. The molecule has 35 heavy (non-hydrogen) atoms. The molecule has 1 atom stereocenters. The van der Waals surface area contributed by atoms with Crippen LogP contribution >= 0.6 is 23.5 Å². The summed E-state index contributed by atoms with van der Waals surface area (Å²) in [5.74, 6) is 4.48. The van der Waals surface area contributed by atoms with Gasteiger partial charge in [0, 0.05) is 6.42 Å². The Morgan fingerprint density at radius 1 is 1.03 bits per heavy atom. The van der Waals surface area contributed by atoms with E-state index < -0.39 is 0 Å². The summed E-state index contributed by atoms with van der Waals surface area (Å²) < 4.78 is 11.3. The fraction of sp³-hybridized carbons (Fsp3) is 0.500. The fourth-order valence-corrected chi connectivity index (χ4v) is 7.50. The zero-order valence-corrected chi connectivity index (χ0v) is 23.3. The van der Waals surface area contributed by atoms with E-state index in [1.54, 1.807) is 7.11 Å². The van der Waals surface area contributed by atoms with E-state index in [0.29, 0.717) is 36.2 Å². The van der Waals surface area contributed by atoms with Crippen molar-refractivity contribution < 1.29 is 14.3 Å². The first-order valence-electron chi connectivity index (χ1n) is 12.7. The smallest absolute Gasteiger partial charge is 0.163 e. The zero-order valence-electron chi connectivity index (χ0n) is 21.7. The Labute approximate surface area is 220 Å². The van der Waals surface area contributed by atoms with Crippen molar-refractivity contribution in [1.29, 1.82) is 0 Å². The maximum absolute atomic E-state index is 13.7. The predicted molar refractivity (Wildman–Crippen MR) is 152 cm³/mol. The third-order valence-electron chi connectivity index (χ3n) is 6.39. The van der Waals surface area contributed by atoms with Crippen LogP contribution in [0.3, 0.4) is 0 Å². The van der Waals surface area contributed by atoms with Crippen molar-refractivity contribution in [3.63, 3.8) is 0 Å². The minimum Gasteiger partial charge on any atom is -0.493 e. The average Bonchev–Trinajstić information content (AvgIpc) is 2.87. The third kappa shape index (κ3) is 8.64. The Balaban J connectivity index is 1.63. The maximum atomic E-state index is 13.7. The molecule has 0 aromatic heterocycles. The molecule has 0 radical (unpaired) electrons. The maximum Gasteiger partial charge on any atom is 0.163 e. The minimum atomic E-state index is -0.321. The number of Topliss-reactive ketones (excluding diaryl/α,β-unsaturated/α-hetero) is 1. The van der Waals surface area contributed by atoms with Gasteiger partial charge < -0.3 is 9.47 Å². The van der Waals surface area contributed by atoms with Crippen LogP contribution in [0.25, 0.3) is 0 Å². The highest BCUT2D eigenvalue weighted by Crippen LogP contribution is 2.47. The Kier molecular flexibility index (Phi) is 11.1. The van der Waals surface area contributed by atoms with Crippen molar-refractivity contribution in [2.45, 2.75) is 70.0 Å². The Morgan fingerprint density at radius 3 is 2.46 bits per heavy atom. The SMILES string of the molecule is COc1cc(CC(=O)C2(CC[C@@H](C)CCC=C(C)C)SCCCS2)ccc1OCc1ccccc1. The molecule has 1 aliphatic heterocycles. The number of methoxy groups -OCH3 is 1. The monoisotopic (exact) mass is 512 g/mol. The molecule has 3 rings (SSSR count). The van der Waals surface area contributed by atoms with Gasteiger partial charge in [-0.1, -0.05) is 55.0 Å². The molecule has 190 valence electrons. The topological polar surface area (TPSA) is 35.5 Å². The third-order valence-corrected chi connectivity index (χ3v) is 9.88. The van der Waals surface area contributed by atoms with Crippen molar-refractivity contribution in [3.05, 3.63) is 71.3 Å². The molecule has 1 heterocycles. The summed E-state index contributed by atoms with van der Waals surface area (Å²) in [6.45, 7) is 7.13. The molecule has 0 amide bonds. The predicted octanol–water partition coefficient (Wildman–Crippen LogP) is 8.11. The number of rotatable bonds is 13. The lowest BCUT2D eigenvalue weighted by atomic mass is 9.95. The Hall–Kier alpha value is -1.85. The van der Waals surface area contributed by atoms with Crippen LogP contribution in [0.1, 0.15) is 64.0 Å². The fourth-order valence-electron chi connectivity index (χ4n) is 4.25. The summed E-state index contributed by atoms with van der Waals surface area (Å²) >= 11 is 3.75. The zero-order chi connectivity index (χ0) is 25.1. The van der Waals surface area contributed by atoms with Crippen molar-refractivity contribution in [3.8, 4) is 11.5 Å². The molecular weight excluding hydrogens is 472 g/mol. The average molecular weight is 513 g/mol. The lowest BCUT2D eigenvalue weighted by Gasteiger charge is -2.35. The van der Waals surface area contributed by atoms with Gasteiger partial charge in [0.05, 0.1) is 7.11 Å². The molecule has 1 aliphatic rings. The van der Waals surface area contributed by atoms with Crippen molar-refractivity contribution >= 4 is 29.3 Å². The normalized spacial score (nSPS) is 15.8. The van der Waals surface area contributed by atoms with E-state index in [9.17, 15) is 4.79 Å². The standard InChI is InChI=1S/C30H40O3S2/c1-23(2)10-8-11-24(3)16-17-30(34-18-9-19-35-30)29(31)21-26-14-15-27(28(20-26)32-4)33-22-25-12-6-5-7-13-25/h5-7,10,12-15,20,24H,8-9,11,16-19,21-22H2,1-4H3/t24-/m0/s1. The van der Waals surface area contributed by atoms with E-state index in [0.717, 1.165) is 41.9 Å².